The molecule has 0 N–H and O–H groups in total. The van der Waals surface area contributed by atoms with Crippen molar-refractivity contribution in [2.24, 2.45) is 22.7 Å². The predicted molar refractivity (Wildman–Crippen MR) is 102 cm³/mol. The van der Waals surface area contributed by atoms with Crippen LogP contribution in [0.2, 0.25) is 0 Å². The van der Waals surface area contributed by atoms with Crippen LogP contribution in [0.15, 0.2) is 18.2 Å². The zero-order valence-corrected chi connectivity index (χ0v) is 16.9. The summed E-state index contributed by atoms with van der Waals surface area (Å²) in [4.78, 5) is 11.3. The second-order valence-corrected chi connectivity index (χ2v) is 9.97. The molecular weight excluding hydrogens is 324 g/mol. The van der Waals surface area contributed by atoms with E-state index in [4.69, 9.17) is 9.47 Å². The molecule has 1 heterocycles. The summed E-state index contributed by atoms with van der Waals surface area (Å²) in [6, 6.07) is 5.84. The highest BCUT2D eigenvalue weighted by atomic mass is 16.5. The van der Waals surface area contributed by atoms with E-state index in [-0.39, 0.29) is 11.6 Å². The van der Waals surface area contributed by atoms with Gasteiger partial charge in [0.1, 0.15) is 17.1 Å². The lowest BCUT2D eigenvalue weighted by Gasteiger charge is -2.63. The van der Waals surface area contributed by atoms with E-state index in [1.165, 1.54) is 38.2 Å². The average Bonchev–Trinajstić information content (AvgIpc) is 2.52. The van der Waals surface area contributed by atoms with Crippen LogP contribution in [-0.2, 0) is 11.2 Å². The number of carbonyl (C=O) groups is 1. The molecule has 1 aliphatic heterocycles. The van der Waals surface area contributed by atoms with Gasteiger partial charge < -0.3 is 9.47 Å². The smallest absolute Gasteiger partial charge is 0.308 e. The van der Waals surface area contributed by atoms with Gasteiger partial charge in [0.15, 0.2) is 0 Å². The maximum atomic E-state index is 11.3. The molecule has 3 heteroatoms. The van der Waals surface area contributed by atoms with Crippen LogP contribution in [0.25, 0.3) is 0 Å². The van der Waals surface area contributed by atoms with Crippen molar-refractivity contribution in [3.05, 3.63) is 23.8 Å². The first-order valence-corrected chi connectivity index (χ1v) is 10.1. The number of rotatable bonds is 1. The van der Waals surface area contributed by atoms with Gasteiger partial charge in [-0.05, 0) is 79.5 Å². The van der Waals surface area contributed by atoms with E-state index < -0.39 is 0 Å². The summed E-state index contributed by atoms with van der Waals surface area (Å²) in [6.45, 7) is 11.2. The molecular formula is C23H32O3. The highest BCUT2D eigenvalue weighted by Gasteiger charge is 2.60. The fraction of sp³-hybridized carbons (Fsp3) is 0.696. The Bertz CT molecular complexity index is 737. The van der Waals surface area contributed by atoms with E-state index in [0.717, 1.165) is 24.5 Å². The molecule has 2 aliphatic carbocycles. The number of esters is 1. The molecule has 2 fully saturated rings. The van der Waals surface area contributed by atoms with E-state index in [9.17, 15) is 4.79 Å². The number of carbonyl (C=O) groups excluding carboxylic acids is 1. The third kappa shape index (κ3) is 2.66. The molecule has 1 aromatic rings. The van der Waals surface area contributed by atoms with Gasteiger partial charge >= 0.3 is 5.97 Å². The van der Waals surface area contributed by atoms with Crippen molar-refractivity contribution in [1.82, 2.24) is 0 Å². The molecule has 4 atom stereocenters. The summed E-state index contributed by atoms with van der Waals surface area (Å²) in [6.07, 6.45) is 7.36. The van der Waals surface area contributed by atoms with Crippen LogP contribution in [0.4, 0.5) is 0 Å². The molecule has 3 nitrogen and oxygen atoms in total. The lowest BCUT2D eigenvalue weighted by atomic mass is 9.44. The molecule has 1 aromatic carbocycles. The van der Waals surface area contributed by atoms with E-state index in [1.807, 2.05) is 18.2 Å². The third-order valence-corrected chi connectivity index (χ3v) is 7.80. The molecule has 4 rings (SSSR count). The first kappa shape index (κ1) is 17.9. The van der Waals surface area contributed by atoms with Crippen molar-refractivity contribution >= 4 is 5.97 Å². The fourth-order valence-corrected chi connectivity index (χ4v) is 6.69. The Hall–Kier alpha value is -1.51. The van der Waals surface area contributed by atoms with Gasteiger partial charge in [-0.1, -0.05) is 27.2 Å². The Kier molecular flexibility index (Phi) is 3.95. The Balaban J connectivity index is 1.72. The molecule has 0 bridgehead atoms. The SMILES string of the molecule is CC(=O)Oc1ccc2c(c1)C[C@@H]1[C@@]3(C)CCCC(C)(C)[C@@H]3CC[C@@]1(C)O2. The first-order chi connectivity index (χ1) is 12.1. The van der Waals surface area contributed by atoms with Crippen molar-refractivity contribution in [2.75, 3.05) is 0 Å². The molecule has 0 aromatic heterocycles. The summed E-state index contributed by atoms with van der Waals surface area (Å²) >= 11 is 0. The van der Waals surface area contributed by atoms with E-state index in [2.05, 4.69) is 27.7 Å². The van der Waals surface area contributed by atoms with Gasteiger partial charge in [0.05, 0.1) is 0 Å². The van der Waals surface area contributed by atoms with E-state index >= 15 is 0 Å². The molecule has 0 saturated heterocycles. The minimum Gasteiger partial charge on any atom is -0.487 e. The monoisotopic (exact) mass is 356 g/mol. The van der Waals surface area contributed by atoms with E-state index in [0.29, 0.717) is 22.5 Å². The van der Waals surface area contributed by atoms with Crippen molar-refractivity contribution in [1.29, 1.82) is 0 Å². The maximum absolute atomic E-state index is 11.3. The summed E-state index contributed by atoms with van der Waals surface area (Å²) < 4.78 is 11.9. The molecule has 3 aliphatic rings. The maximum Gasteiger partial charge on any atom is 0.308 e. The minimum atomic E-state index is -0.273. The van der Waals surface area contributed by atoms with Crippen LogP contribution in [-0.4, -0.2) is 11.6 Å². The highest BCUT2D eigenvalue weighted by Crippen LogP contribution is 2.64. The van der Waals surface area contributed by atoms with Crippen LogP contribution in [0, 0.1) is 22.7 Å². The molecule has 0 amide bonds. The van der Waals surface area contributed by atoms with Gasteiger partial charge in [-0.3, -0.25) is 4.79 Å². The lowest BCUT2D eigenvalue weighted by Crippen LogP contribution is -2.61. The van der Waals surface area contributed by atoms with Gasteiger partial charge in [0.2, 0.25) is 0 Å². The molecule has 142 valence electrons. The van der Waals surface area contributed by atoms with Crippen LogP contribution < -0.4 is 9.47 Å². The number of hydrogen-bond donors (Lipinski definition) is 0. The van der Waals surface area contributed by atoms with Crippen molar-refractivity contribution in [3.8, 4) is 11.5 Å². The van der Waals surface area contributed by atoms with Crippen LogP contribution in [0.5, 0.6) is 11.5 Å². The number of benzene rings is 1. The predicted octanol–water partition coefficient (Wildman–Crippen LogP) is 5.55. The summed E-state index contributed by atoms with van der Waals surface area (Å²) in [5.41, 5.74) is 1.82. The van der Waals surface area contributed by atoms with Gasteiger partial charge in [0, 0.05) is 12.8 Å². The molecule has 26 heavy (non-hydrogen) atoms. The Morgan fingerprint density at radius 1 is 1.12 bits per heavy atom. The summed E-state index contributed by atoms with van der Waals surface area (Å²) in [7, 11) is 0. The normalized spacial score (nSPS) is 37.6. The Morgan fingerprint density at radius 3 is 2.62 bits per heavy atom. The summed E-state index contributed by atoms with van der Waals surface area (Å²) in [5, 5.41) is 0. The largest absolute Gasteiger partial charge is 0.487 e. The van der Waals surface area contributed by atoms with Gasteiger partial charge in [-0.15, -0.1) is 0 Å². The van der Waals surface area contributed by atoms with Crippen LogP contribution in [0.3, 0.4) is 0 Å². The summed E-state index contributed by atoms with van der Waals surface area (Å²) in [5.74, 6) is 2.59. The molecule has 0 radical (unpaired) electrons. The van der Waals surface area contributed by atoms with Crippen LogP contribution >= 0.6 is 0 Å². The van der Waals surface area contributed by atoms with Gasteiger partial charge in [-0.25, -0.2) is 0 Å². The Morgan fingerprint density at radius 2 is 1.88 bits per heavy atom. The van der Waals surface area contributed by atoms with Crippen molar-refractivity contribution in [3.63, 3.8) is 0 Å². The van der Waals surface area contributed by atoms with E-state index in [1.54, 1.807) is 0 Å². The second kappa shape index (κ2) is 5.74. The standard InChI is InChI=1S/C23H32O3/c1-15(24)25-17-7-8-18-16(13-17)14-20-22(4)11-6-10-21(2,3)19(22)9-12-23(20,5)26-18/h7-8,13,19-20H,6,9-12,14H2,1-5H3/t19-,20+,22-,23+/m0/s1. The third-order valence-electron chi connectivity index (χ3n) is 7.80. The van der Waals surface area contributed by atoms with Gasteiger partial charge in [-0.2, -0.15) is 0 Å². The number of fused-ring (bicyclic) bond motifs is 4. The lowest BCUT2D eigenvalue weighted by molar-refractivity contribution is -0.162. The second-order valence-electron chi connectivity index (χ2n) is 9.97. The van der Waals surface area contributed by atoms with Gasteiger partial charge in [0.25, 0.3) is 0 Å². The van der Waals surface area contributed by atoms with Crippen LogP contribution in [0.1, 0.15) is 72.3 Å². The number of ether oxygens (including phenoxy) is 2. The molecule has 0 spiro atoms. The van der Waals surface area contributed by atoms with Crippen molar-refractivity contribution in [2.45, 2.75) is 78.7 Å². The van der Waals surface area contributed by atoms with Crippen molar-refractivity contribution < 1.29 is 14.3 Å². The molecule has 2 saturated carbocycles. The zero-order valence-electron chi connectivity index (χ0n) is 16.9. The topological polar surface area (TPSA) is 35.5 Å². The zero-order chi connectivity index (χ0) is 18.7. The quantitative estimate of drug-likeness (QED) is 0.489. The average molecular weight is 357 g/mol. The molecule has 0 unspecified atom stereocenters. The number of hydrogen-bond acceptors (Lipinski definition) is 3. The highest BCUT2D eigenvalue weighted by molar-refractivity contribution is 5.69. The minimum absolute atomic E-state index is 0.0887. The Labute approximate surface area is 157 Å². The fourth-order valence-electron chi connectivity index (χ4n) is 6.69. The first-order valence-electron chi connectivity index (χ1n) is 10.1.